The number of carbonyl (C=O) groups is 2. The number of aromatic nitrogens is 1. The first-order chi connectivity index (χ1) is 17.4. The Bertz CT molecular complexity index is 1690. The number of halogens is 1. The molecule has 10 heteroatoms. The Balaban J connectivity index is 1.45. The molecule has 0 bridgehead atoms. The van der Waals surface area contributed by atoms with E-state index in [1.165, 1.54) is 27.6 Å². The third-order valence-electron chi connectivity index (χ3n) is 5.83. The maximum atomic E-state index is 13.7. The van der Waals surface area contributed by atoms with Gasteiger partial charge in [0.25, 0.3) is 5.91 Å². The molecule has 1 unspecified atom stereocenters. The van der Waals surface area contributed by atoms with Gasteiger partial charge in [-0.25, -0.2) is 4.98 Å². The molecule has 2 aromatic carbocycles. The third-order valence-corrected chi connectivity index (χ3v) is 8.27. The molecule has 1 amide bonds. The summed E-state index contributed by atoms with van der Waals surface area (Å²) in [4.78, 5) is 33.9. The molecule has 0 spiro atoms. The maximum absolute atomic E-state index is 13.7. The zero-order chi connectivity index (χ0) is 25.0. The smallest absolute Gasteiger partial charge is 0.296 e. The second-order valence-electron chi connectivity index (χ2n) is 8.04. The molecule has 4 heterocycles. The predicted octanol–water partition coefficient (Wildman–Crippen LogP) is 7.05. The number of ketones is 1. The highest BCUT2D eigenvalue weighted by Crippen LogP contribution is 2.46. The number of furan rings is 1. The topological polar surface area (TPSA) is 92.9 Å². The summed E-state index contributed by atoms with van der Waals surface area (Å²) in [7, 11) is 0. The van der Waals surface area contributed by atoms with Crippen molar-refractivity contribution in [2.45, 2.75) is 13.0 Å². The number of ether oxygens (including phenoxy) is 1. The van der Waals surface area contributed by atoms with Crippen LogP contribution in [0.1, 0.15) is 28.4 Å². The number of hydrogen-bond donors (Lipinski definition) is 1. The van der Waals surface area contributed by atoms with Gasteiger partial charge in [0, 0.05) is 14.7 Å². The summed E-state index contributed by atoms with van der Waals surface area (Å²) in [5.74, 6) is -1.08. The monoisotopic (exact) mass is 580 g/mol. The number of amides is 1. The van der Waals surface area contributed by atoms with Crippen molar-refractivity contribution in [3.63, 3.8) is 0 Å². The molecule has 1 aliphatic heterocycles. The Morgan fingerprint density at radius 2 is 2.08 bits per heavy atom. The summed E-state index contributed by atoms with van der Waals surface area (Å²) in [6.45, 7) is 2.44. The number of aliphatic hydroxyl groups excluding tert-OH is 1. The summed E-state index contributed by atoms with van der Waals surface area (Å²) in [5.41, 5.74) is 1.19. The number of rotatable bonds is 6. The van der Waals surface area contributed by atoms with Crippen molar-refractivity contribution in [3.05, 3.63) is 86.4 Å². The number of thiazole rings is 1. The Kier molecular flexibility index (Phi) is 5.66. The molecule has 0 saturated carbocycles. The SMILES string of the molecule is CCOc1ccc2nc(N3C(=O)C(O)=C(C(=O)c4cc5cc(Br)ccc5o4)C3c3cccs3)sc2c1. The fourth-order valence-electron chi connectivity index (χ4n) is 4.26. The number of anilines is 1. The summed E-state index contributed by atoms with van der Waals surface area (Å²) in [6, 6.07) is 15.4. The number of thiophene rings is 1. The number of benzene rings is 2. The lowest BCUT2D eigenvalue weighted by molar-refractivity contribution is -0.117. The zero-order valence-electron chi connectivity index (χ0n) is 18.7. The van der Waals surface area contributed by atoms with E-state index in [4.69, 9.17) is 9.15 Å². The van der Waals surface area contributed by atoms with E-state index in [1.807, 2.05) is 54.8 Å². The van der Waals surface area contributed by atoms with Gasteiger partial charge >= 0.3 is 0 Å². The number of carbonyl (C=O) groups excluding carboxylic acids is 2. The standard InChI is InChI=1S/C26H17BrN2O5S2/c1-2-33-15-6-7-16-20(12-15)36-26(28-16)29-22(19-4-3-9-35-19)21(24(31)25(29)32)23(30)18-11-13-10-14(27)5-8-17(13)34-18/h3-12,22,31H,2H2,1H3. The van der Waals surface area contributed by atoms with Crippen LogP contribution in [0.5, 0.6) is 5.75 Å². The molecule has 0 radical (unpaired) electrons. The van der Waals surface area contributed by atoms with E-state index in [0.717, 1.165) is 19.4 Å². The van der Waals surface area contributed by atoms with Gasteiger partial charge in [-0.15, -0.1) is 11.3 Å². The lowest BCUT2D eigenvalue weighted by atomic mass is 10.0. The van der Waals surface area contributed by atoms with Crippen LogP contribution in [-0.4, -0.2) is 28.4 Å². The molecule has 1 aliphatic rings. The van der Waals surface area contributed by atoms with Crippen LogP contribution in [-0.2, 0) is 4.79 Å². The average molecular weight is 581 g/mol. The van der Waals surface area contributed by atoms with E-state index in [1.54, 1.807) is 12.1 Å². The minimum Gasteiger partial charge on any atom is -0.503 e. The molecule has 0 saturated heterocycles. The van der Waals surface area contributed by atoms with Crippen LogP contribution in [0.3, 0.4) is 0 Å². The van der Waals surface area contributed by atoms with Gasteiger partial charge in [0.2, 0.25) is 5.78 Å². The van der Waals surface area contributed by atoms with E-state index < -0.39 is 23.5 Å². The molecule has 36 heavy (non-hydrogen) atoms. The second-order valence-corrected chi connectivity index (χ2v) is 10.9. The van der Waals surface area contributed by atoms with Gasteiger partial charge in [0.15, 0.2) is 16.7 Å². The fourth-order valence-corrected chi connectivity index (χ4v) is 6.48. The fraction of sp³-hybridized carbons (Fsp3) is 0.115. The molecule has 6 rings (SSSR count). The molecule has 5 aromatic rings. The summed E-state index contributed by atoms with van der Waals surface area (Å²) in [6.07, 6.45) is 0. The first-order valence-electron chi connectivity index (χ1n) is 11.0. The van der Waals surface area contributed by atoms with Crippen molar-refractivity contribution in [1.82, 2.24) is 4.98 Å². The minimum atomic E-state index is -0.836. The van der Waals surface area contributed by atoms with Gasteiger partial charge in [-0.3, -0.25) is 14.5 Å². The summed E-state index contributed by atoms with van der Waals surface area (Å²) in [5, 5.41) is 14.0. The Morgan fingerprint density at radius 3 is 2.86 bits per heavy atom. The highest BCUT2D eigenvalue weighted by Gasteiger charge is 2.47. The molecule has 7 nitrogen and oxygen atoms in total. The lowest BCUT2D eigenvalue weighted by Gasteiger charge is -2.22. The molecule has 0 fully saturated rings. The van der Waals surface area contributed by atoms with Gasteiger partial charge in [-0.2, -0.15) is 0 Å². The predicted molar refractivity (Wildman–Crippen MR) is 143 cm³/mol. The molecule has 180 valence electrons. The van der Waals surface area contributed by atoms with Crippen molar-refractivity contribution in [3.8, 4) is 5.75 Å². The molecule has 0 aliphatic carbocycles. The number of aliphatic hydroxyl groups is 1. The highest BCUT2D eigenvalue weighted by atomic mass is 79.9. The van der Waals surface area contributed by atoms with Gasteiger partial charge in [-0.1, -0.05) is 33.3 Å². The van der Waals surface area contributed by atoms with Crippen LogP contribution in [0.2, 0.25) is 0 Å². The van der Waals surface area contributed by atoms with Crippen molar-refractivity contribution in [2.75, 3.05) is 11.5 Å². The van der Waals surface area contributed by atoms with Crippen molar-refractivity contribution in [1.29, 1.82) is 0 Å². The van der Waals surface area contributed by atoms with Crippen molar-refractivity contribution in [2.24, 2.45) is 0 Å². The third kappa shape index (κ3) is 3.73. The first kappa shape index (κ1) is 23.0. The van der Waals surface area contributed by atoms with Crippen LogP contribution in [0, 0.1) is 0 Å². The highest BCUT2D eigenvalue weighted by molar-refractivity contribution is 9.10. The number of hydrogen-bond acceptors (Lipinski definition) is 8. The quantitative estimate of drug-likeness (QED) is 0.216. The van der Waals surface area contributed by atoms with Gasteiger partial charge in [-0.05, 0) is 60.8 Å². The Morgan fingerprint density at radius 1 is 1.22 bits per heavy atom. The van der Waals surface area contributed by atoms with Crippen molar-refractivity contribution < 1.29 is 23.8 Å². The number of fused-ring (bicyclic) bond motifs is 2. The first-order valence-corrected chi connectivity index (χ1v) is 13.5. The van der Waals surface area contributed by atoms with Crippen LogP contribution in [0.25, 0.3) is 21.2 Å². The van der Waals surface area contributed by atoms with Crippen molar-refractivity contribution >= 4 is 76.6 Å². The van der Waals surface area contributed by atoms with Gasteiger partial charge < -0.3 is 14.3 Å². The summed E-state index contributed by atoms with van der Waals surface area (Å²) < 4.78 is 13.1. The summed E-state index contributed by atoms with van der Waals surface area (Å²) >= 11 is 6.11. The van der Waals surface area contributed by atoms with Crippen LogP contribution < -0.4 is 9.64 Å². The molecule has 3 aromatic heterocycles. The van der Waals surface area contributed by atoms with Gasteiger partial charge in [0.05, 0.1) is 22.4 Å². The number of Topliss-reactive ketones (excluding diaryl/α,β-unsaturated/α-hetero) is 1. The van der Waals surface area contributed by atoms with Crippen LogP contribution in [0.15, 0.2) is 80.2 Å². The number of nitrogens with zero attached hydrogens (tertiary/aromatic N) is 2. The van der Waals surface area contributed by atoms with E-state index in [-0.39, 0.29) is 11.3 Å². The van der Waals surface area contributed by atoms with Crippen LogP contribution in [0.4, 0.5) is 5.13 Å². The van der Waals surface area contributed by atoms with E-state index in [9.17, 15) is 14.7 Å². The van der Waals surface area contributed by atoms with E-state index >= 15 is 0 Å². The molecular weight excluding hydrogens is 564 g/mol. The molecule has 1 atom stereocenters. The minimum absolute atomic E-state index is 0.0326. The largest absolute Gasteiger partial charge is 0.503 e. The maximum Gasteiger partial charge on any atom is 0.296 e. The average Bonchev–Trinajstić information content (AvgIpc) is 3.64. The zero-order valence-corrected chi connectivity index (χ0v) is 21.9. The molecular formula is C26H17BrN2O5S2. The normalized spacial score (nSPS) is 16.0. The van der Waals surface area contributed by atoms with Crippen LogP contribution >= 0.6 is 38.6 Å². The van der Waals surface area contributed by atoms with Gasteiger partial charge in [0.1, 0.15) is 17.4 Å². The van der Waals surface area contributed by atoms with E-state index in [2.05, 4.69) is 20.9 Å². The molecule has 1 N–H and O–H groups in total. The van der Waals surface area contributed by atoms with E-state index in [0.29, 0.717) is 28.6 Å². The Hall–Kier alpha value is -3.47. The second kappa shape index (κ2) is 8.88. The Labute approximate surface area is 221 Å². The lowest BCUT2D eigenvalue weighted by Crippen LogP contribution is -2.30.